The maximum absolute atomic E-state index is 6.07. The molecule has 2 aromatic heterocycles. The molecule has 1 radical (unpaired) electrons. The van der Waals surface area contributed by atoms with E-state index in [0.717, 1.165) is 34.5 Å². The third-order valence-electron chi connectivity index (χ3n) is 3.44. The lowest BCUT2D eigenvalue weighted by Gasteiger charge is -2.07. The van der Waals surface area contributed by atoms with Gasteiger partial charge in [-0.15, -0.1) is 0 Å². The van der Waals surface area contributed by atoms with E-state index in [4.69, 9.17) is 5.73 Å². The van der Waals surface area contributed by atoms with Gasteiger partial charge in [-0.05, 0) is 56.5 Å². The highest BCUT2D eigenvalue weighted by atomic mass is 15.2. The minimum absolute atomic E-state index is 0.462. The predicted molar refractivity (Wildman–Crippen MR) is 81.8 cm³/mol. The van der Waals surface area contributed by atoms with Crippen LogP contribution < -0.4 is 5.73 Å². The Morgan fingerprint density at radius 3 is 2.50 bits per heavy atom. The second kappa shape index (κ2) is 4.63. The van der Waals surface area contributed by atoms with Crippen LogP contribution in [-0.4, -0.2) is 14.5 Å². The molecule has 0 spiro atoms. The molecule has 101 valence electrons. The summed E-state index contributed by atoms with van der Waals surface area (Å²) < 4.78 is 1.89. The highest BCUT2D eigenvalue weighted by Gasteiger charge is 2.13. The van der Waals surface area contributed by atoms with Gasteiger partial charge in [0.15, 0.2) is 5.65 Å². The Labute approximate surface area is 118 Å². The monoisotopic (exact) mass is 265 g/mol. The Balaban J connectivity index is 2.26. The van der Waals surface area contributed by atoms with E-state index < -0.39 is 0 Å². The van der Waals surface area contributed by atoms with Crippen LogP contribution in [0.2, 0.25) is 0 Å². The number of imidazole rings is 1. The van der Waals surface area contributed by atoms with Gasteiger partial charge in [0.2, 0.25) is 5.95 Å². The van der Waals surface area contributed by atoms with E-state index in [9.17, 15) is 0 Å². The molecule has 2 N–H and O–H groups in total. The summed E-state index contributed by atoms with van der Waals surface area (Å²) in [6.45, 7) is 7.89. The van der Waals surface area contributed by atoms with Crippen LogP contribution >= 0.6 is 0 Å². The molecule has 0 atom stereocenters. The minimum Gasteiger partial charge on any atom is -0.369 e. The van der Waals surface area contributed by atoms with Crippen LogP contribution in [0.3, 0.4) is 0 Å². The number of fused-ring (bicyclic) bond motifs is 1. The van der Waals surface area contributed by atoms with Crippen molar-refractivity contribution in [2.24, 2.45) is 0 Å². The molecule has 1 aromatic carbocycles. The van der Waals surface area contributed by atoms with Crippen molar-refractivity contribution in [2.75, 3.05) is 5.73 Å². The van der Waals surface area contributed by atoms with E-state index in [2.05, 4.69) is 29.0 Å². The van der Waals surface area contributed by atoms with Crippen molar-refractivity contribution in [3.8, 4) is 5.69 Å². The zero-order valence-electron chi connectivity index (χ0n) is 11.7. The Kier molecular flexibility index (Phi) is 2.93. The zero-order valence-corrected chi connectivity index (χ0v) is 11.7. The number of hydrogen-bond acceptors (Lipinski definition) is 3. The number of anilines is 1. The van der Waals surface area contributed by atoms with Gasteiger partial charge in [-0.3, -0.25) is 4.57 Å². The van der Waals surface area contributed by atoms with Crippen molar-refractivity contribution in [3.05, 3.63) is 54.1 Å². The van der Waals surface area contributed by atoms with Gasteiger partial charge in [0, 0.05) is 5.69 Å². The van der Waals surface area contributed by atoms with Gasteiger partial charge in [0.1, 0.15) is 5.52 Å². The van der Waals surface area contributed by atoms with Crippen LogP contribution in [-0.2, 0) is 6.42 Å². The lowest BCUT2D eigenvalue weighted by molar-refractivity contribution is 1.07. The highest BCUT2D eigenvalue weighted by Crippen LogP contribution is 2.24. The number of aromatic nitrogens is 3. The summed E-state index contributed by atoms with van der Waals surface area (Å²) in [6.07, 6.45) is 0.775. The molecular formula is C16H17N4. The Morgan fingerprint density at radius 1 is 1.15 bits per heavy atom. The van der Waals surface area contributed by atoms with E-state index in [-0.39, 0.29) is 0 Å². The van der Waals surface area contributed by atoms with E-state index in [1.54, 1.807) is 0 Å². The maximum atomic E-state index is 6.07. The molecule has 0 aliphatic rings. The third-order valence-corrected chi connectivity index (χ3v) is 3.44. The number of rotatable bonds is 2. The van der Waals surface area contributed by atoms with Crippen LogP contribution in [0.5, 0.6) is 0 Å². The second-order valence-corrected chi connectivity index (χ2v) is 4.97. The highest BCUT2D eigenvalue weighted by molar-refractivity contribution is 5.80. The Bertz CT molecular complexity index is 769. The molecule has 2 heterocycles. The number of nitrogen functional groups attached to an aromatic ring is 1. The van der Waals surface area contributed by atoms with Crippen molar-refractivity contribution < 1.29 is 0 Å². The molecular weight excluding hydrogens is 248 g/mol. The molecule has 0 unspecified atom stereocenters. The van der Waals surface area contributed by atoms with Crippen LogP contribution in [0.4, 0.5) is 5.95 Å². The van der Waals surface area contributed by atoms with E-state index in [1.165, 1.54) is 5.56 Å². The SMILES string of the molecule is [CH2]Cc1ccc(-n2c(N)nc3c(C)cc(C)nc32)cc1. The average Bonchev–Trinajstić information content (AvgIpc) is 2.76. The lowest BCUT2D eigenvalue weighted by Crippen LogP contribution is -2.02. The van der Waals surface area contributed by atoms with E-state index >= 15 is 0 Å². The molecule has 0 fully saturated rings. The number of pyridine rings is 1. The summed E-state index contributed by atoms with van der Waals surface area (Å²) in [5.74, 6) is 0.462. The smallest absolute Gasteiger partial charge is 0.207 e. The minimum atomic E-state index is 0.462. The third kappa shape index (κ3) is 1.93. The van der Waals surface area contributed by atoms with Crippen molar-refractivity contribution >= 4 is 17.1 Å². The van der Waals surface area contributed by atoms with Crippen LogP contribution in [0.1, 0.15) is 16.8 Å². The van der Waals surface area contributed by atoms with Gasteiger partial charge in [-0.25, -0.2) is 9.97 Å². The Hall–Kier alpha value is -2.36. The first kappa shape index (κ1) is 12.7. The van der Waals surface area contributed by atoms with E-state index in [0.29, 0.717) is 5.95 Å². The first-order chi connectivity index (χ1) is 9.60. The zero-order chi connectivity index (χ0) is 14.3. The van der Waals surface area contributed by atoms with Crippen molar-refractivity contribution in [1.82, 2.24) is 14.5 Å². The molecule has 0 saturated heterocycles. The van der Waals surface area contributed by atoms with Gasteiger partial charge >= 0.3 is 0 Å². The molecule has 3 rings (SSSR count). The van der Waals surface area contributed by atoms with Gasteiger partial charge in [0.25, 0.3) is 0 Å². The summed E-state index contributed by atoms with van der Waals surface area (Å²) in [5, 5.41) is 0. The molecule has 4 nitrogen and oxygen atoms in total. The Morgan fingerprint density at radius 2 is 1.85 bits per heavy atom. The summed E-state index contributed by atoms with van der Waals surface area (Å²) in [6, 6.07) is 10.2. The van der Waals surface area contributed by atoms with Crippen molar-refractivity contribution in [3.63, 3.8) is 0 Å². The van der Waals surface area contributed by atoms with Crippen molar-refractivity contribution in [2.45, 2.75) is 20.3 Å². The van der Waals surface area contributed by atoms with Crippen molar-refractivity contribution in [1.29, 1.82) is 0 Å². The molecule has 0 amide bonds. The largest absolute Gasteiger partial charge is 0.369 e. The van der Waals surface area contributed by atoms with Crippen LogP contribution in [0, 0.1) is 20.8 Å². The topological polar surface area (TPSA) is 56.7 Å². The number of nitrogens with two attached hydrogens (primary N) is 1. The van der Waals surface area contributed by atoms with Gasteiger partial charge < -0.3 is 5.73 Å². The number of aryl methyl sites for hydroxylation is 2. The molecule has 20 heavy (non-hydrogen) atoms. The summed E-state index contributed by atoms with van der Waals surface area (Å²) in [5.41, 5.74) is 12.0. The number of nitrogens with zero attached hydrogens (tertiary/aromatic N) is 3. The predicted octanol–water partition coefficient (Wildman–Crippen LogP) is 3.00. The normalized spacial score (nSPS) is 11.2. The summed E-state index contributed by atoms with van der Waals surface area (Å²) in [7, 11) is 0. The first-order valence-electron chi connectivity index (χ1n) is 6.61. The maximum Gasteiger partial charge on any atom is 0.207 e. The molecule has 0 aliphatic carbocycles. The van der Waals surface area contributed by atoms with Gasteiger partial charge in [-0.1, -0.05) is 12.1 Å². The first-order valence-corrected chi connectivity index (χ1v) is 6.61. The molecule has 4 heteroatoms. The number of hydrogen-bond donors (Lipinski definition) is 1. The summed E-state index contributed by atoms with van der Waals surface area (Å²) >= 11 is 0. The fourth-order valence-corrected chi connectivity index (χ4v) is 2.44. The fraction of sp³-hybridized carbons (Fsp3) is 0.188. The van der Waals surface area contributed by atoms with E-state index in [1.807, 2.05) is 36.6 Å². The van der Waals surface area contributed by atoms with Gasteiger partial charge in [-0.2, -0.15) is 0 Å². The molecule has 0 bridgehead atoms. The lowest BCUT2D eigenvalue weighted by atomic mass is 10.1. The quantitative estimate of drug-likeness (QED) is 0.775. The average molecular weight is 265 g/mol. The molecule has 0 saturated carbocycles. The molecule has 3 aromatic rings. The summed E-state index contributed by atoms with van der Waals surface area (Å²) in [4.78, 5) is 9.02. The number of benzene rings is 1. The van der Waals surface area contributed by atoms with Crippen LogP contribution in [0.15, 0.2) is 30.3 Å². The second-order valence-electron chi connectivity index (χ2n) is 4.97. The van der Waals surface area contributed by atoms with Gasteiger partial charge in [0.05, 0.1) is 5.69 Å². The molecule has 0 aliphatic heterocycles. The standard InChI is InChI=1S/C16H17N4/c1-4-12-5-7-13(8-6-12)20-15-14(19-16(20)17)10(2)9-11(3)18-15/h5-9H,1,4H2,2-3H3,(H2,17,19). The fourth-order valence-electron chi connectivity index (χ4n) is 2.44. The van der Waals surface area contributed by atoms with Crippen LogP contribution in [0.25, 0.3) is 16.9 Å².